The molecule has 0 aliphatic carbocycles. The van der Waals surface area contributed by atoms with Crippen molar-refractivity contribution in [3.8, 4) is 0 Å². The first-order valence-corrected chi connectivity index (χ1v) is 8.61. The average molecular weight is 327 g/mol. The lowest BCUT2D eigenvalue weighted by atomic mass is 10.1. The van der Waals surface area contributed by atoms with Crippen molar-refractivity contribution in [2.75, 3.05) is 26.2 Å². The zero-order valence-electron chi connectivity index (χ0n) is 11.8. The molecule has 1 heterocycles. The number of nitrogens with one attached hydrogen (secondary N) is 1. The van der Waals surface area contributed by atoms with Gasteiger partial charge in [-0.2, -0.15) is 4.31 Å². The van der Waals surface area contributed by atoms with Gasteiger partial charge in [-0.25, -0.2) is 8.42 Å². The molecule has 0 aromatic heterocycles. The van der Waals surface area contributed by atoms with Gasteiger partial charge in [0.25, 0.3) is 0 Å². The summed E-state index contributed by atoms with van der Waals surface area (Å²) in [4.78, 5) is 0.235. The number of hydrogen-bond donors (Lipinski definition) is 1. The highest BCUT2D eigenvalue weighted by atomic mass is 35.5. The fourth-order valence-corrected chi connectivity index (χ4v) is 4.28. The second-order valence-corrected chi connectivity index (χ2v) is 7.20. The molecule has 0 radical (unpaired) electrons. The molecule has 1 aliphatic rings. The van der Waals surface area contributed by atoms with E-state index in [0.29, 0.717) is 35.8 Å². The van der Waals surface area contributed by atoms with E-state index in [2.05, 4.69) is 18.5 Å². The van der Waals surface area contributed by atoms with Gasteiger partial charge in [-0.05, 0) is 19.0 Å². The van der Waals surface area contributed by atoms with Crippen LogP contribution in [0.2, 0.25) is 0 Å². The highest BCUT2D eigenvalue weighted by Crippen LogP contribution is 2.29. The number of sulfonamides is 1. The van der Waals surface area contributed by atoms with Crippen molar-refractivity contribution in [1.29, 1.82) is 0 Å². The number of rotatable bonds is 4. The molecule has 1 aromatic rings. The van der Waals surface area contributed by atoms with Crippen molar-refractivity contribution in [1.82, 2.24) is 9.62 Å². The van der Waals surface area contributed by atoms with E-state index in [9.17, 15) is 8.42 Å². The Hall–Kier alpha value is -1.14. The zero-order valence-corrected chi connectivity index (χ0v) is 13.4. The molecule has 114 valence electrons. The summed E-state index contributed by atoms with van der Waals surface area (Å²) in [5.74, 6) is 0. The number of halogens is 1. The van der Waals surface area contributed by atoms with Gasteiger partial charge in [0, 0.05) is 35.8 Å². The molecule has 0 saturated carbocycles. The molecule has 0 bridgehead atoms. The molecule has 0 spiro atoms. The van der Waals surface area contributed by atoms with Gasteiger partial charge < -0.3 is 5.32 Å². The number of hydrogen-bond acceptors (Lipinski definition) is 3. The van der Waals surface area contributed by atoms with Crippen LogP contribution in [0.5, 0.6) is 0 Å². The van der Waals surface area contributed by atoms with Gasteiger partial charge in [0.05, 0.1) is 4.90 Å². The van der Waals surface area contributed by atoms with Crippen molar-refractivity contribution >= 4 is 32.7 Å². The van der Waals surface area contributed by atoms with E-state index in [-0.39, 0.29) is 4.90 Å². The summed E-state index contributed by atoms with van der Waals surface area (Å²) in [6.07, 6.45) is 2.32. The van der Waals surface area contributed by atoms with Crippen LogP contribution in [-0.2, 0) is 10.0 Å². The molecular weight excluding hydrogens is 308 g/mol. The van der Waals surface area contributed by atoms with Gasteiger partial charge in [0.1, 0.15) is 0 Å². The molecule has 2 rings (SSSR count). The Morgan fingerprint density at radius 1 is 1.33 bits per heavy atom. The van der Waals surface area contributed by atoms with Gasteiger partial charge >= 0.3 is 0 Å². The van der Waals surface area contributed by atoms with Gasteiger partial charge in [-0.3, -0.25) is 0 Å². The first-order valence-electron chi connectivity index (χ1n) is 6.79. The van der Waals surface area contributed by atoms with Crippen molar-refractivity contribution in [3.05, 3.63) is 42.5 Å². The van der Waals surface area contributed by atoms with E-state index < -0.39 is 10.0 Å². The van der Waals surface area contributed by atoms with Gasteiger partial charge in [0.15, 0.2) is 0 Å². The van der Waals surface area contributed by atoms with Crippen LogP contribution >= 0.6 is 11.6 Å². The van der Waals surface area contributed by atoms with E-state index in [1.54, 1.807) is 18.2 Å². The lowest BCUT2D eigenvalue weighted by molar-refractivity contribution is 0.432. The summed E-state index contributed by atoms with van der Waals surface area (Å²) < 4.78 is 27.3. The number of nitrogens with zero attached hydrogens (tertiary/aromatic N) is 1. The minimum atomic E-state index is -3.56. The monoisotopic (exact) mass is 326 g/mol. The van der Waals surface area contributed by atoms with Gasteiger partial charge in [-0.15, -0.1) is 0 Å². The third kappa shape index (κ3) is 3.37. The van der Waals surface area contributed by atoms with Gasteiger partial charge in [0.2, 0.25) is 10.0 Å². The second-order valence-electron chi connectivity index (χ2n) is 4.83. The maximum Gasteiger partial charge on any atom is 0.243 e. The first-order chi connectivity index (χ1) is 9.98. The summed E-state index contributed by atoms with van der Waals surface area (Å²) in [6, 6.07) is 5.02. The minimum Gasteiger partial charge on any atom is -0.315 e. The largest absolute Gasteiger partial charge is 0.315 e. The molecule has 4 nitrogen and oxygen atoms in total. The zero-order chi connectivity index (χ0) is 15.5. The standard InChI is InChI=1S/C15H19ClN2O2S/c1-3-13-14(12(2)16)6-4-7-15(13)21(19,20)18-10-5-8-17-9-11-18/h3-4,6-7,17H,1-2,5,8-11H2. The van der Waals surface area contributed by atoms with E-state index in [4.69, 9.17) is 11.6 Å². The molecule has 1 fully saturated rings. The van der Waals surface area contributed by atoms with E-state index in [1.807, 2.05) is 0 Å². The molecule has 1 N–H and O–H groups in total. The third-order valence-corrected chi connectivity index (χ3v) is 5.64. The second kappa shape index (κ2) is 6.75. The van der Waals surface area contributed by atoms with Crippen LogP contribution in [0, 0.1) is 0 Å². The minimum absolute atomic E-state index is 0.235. The third-order valence-electron chi connectivity index (χ3n) is 3.48. The Kier molecular flexibility index (Phi) is 5.22. The van der Waals surface area contributed by atoms with Crippen LogP contribution in [0.25, 0.3) is 11.1 Å². The van der Waals surface area contributed by atoms with Crippen LogP contribution in [-0.4, -0.2) is 38.9 Å². The quantitative estimate of drug-likeness (QED) is 0.925. The summed E-state index contributed by atoms with van der Waals surface area (Å²) >= 11 is 5.96. The number of benzene rings is 1. The summed E-state index contributed by atoms with van der Waals surface area (Å²) in [7, 11) is -3.56. The van der Waals surface area contributed by atoms with E-state index in [0.717, 1.165) is 13.0 Å². The molecule has 1 aliphatic heterocycles. The summed E-state index contributed by atoms with van der Waals surface area (Å²) in [5, 5.41) is 3.50. The fraction of sp³-hybridized carbons (Fsp3) is 0.333. The topological polar surface area (TPSA) is 49.4 Å². The first kappa shape index (κ1) is 16.2. The fourth-order valence-electron chi connectivity index (χ4n) is 2.42. The van der Waals surface area contributed by atoms with E-state index >= 15 is 0 Å². The Morgan fingerprint density at radius 3 is 2.76 bits per heavy atom. The van der Waals surface area contributed by atoms with Crippen LogP contribution in [0.15, 0.2) is 36.3 Å². The smallest absolute Gasteiger partial charge is 0.243 e. The molecule has 0 unspecified atom stereocenters. The Bertz CT molecular complexity index is 648. The molecular formula is C15H19ClN2O2S. The van der Waals surface area contributed by atoms with Crippen LogP contribution in [0.3, 0.4) is 0 Å². The predicted molar refractivity (Wildman–Crippen MR) is 87.7 cm³/mol. The van der Waals surface area contributed by atoms with Crippen LogP contribution < -0.4 is 5.32 Å². The maximum absolute atomic E-state index is 12.9. The maximum atomic E-state index is 12.9. The van der Waals surface area contributed by atoms with Crippen molar-refractivity contribution in [2.45, 2.75) is 11.3 Å². The SMILES string of the molecule is C=Cc1c(C(=C)Cl)cccc1S(=O)(=O)N1CCCNCC1. The summed E-state index contributed by atoms with van der Waals surface area (Å²) in [5.41, 5.74) is 1.11. The van der Waals surface area contributed by atoms with Crippen LogP contribution in [0.1, 0.15) is 17.5 Å². The molecule has 0 amide bonds. The Balaban J connectivity index is 2.51. The van der Waals surface area contributed by atoms with Crippen LogP contribution in [0.4, 0.5) is 0 Å². The normalized spacial score (nSPS) is 17.2. The van der Waals surface area contributed by atoms with E-state index in [1.165, 1.54) is 10.4 Å². The lowest BCUT2D eigenvalue weighted by Gasteiger charge is -2.21. The molecule has 1 saturated heterocycles. The van der Waals surface area contributed by atoms with Crippen molar-refractivity contribution < 1.29 is 8.42 Å². The molecule has 1 aromatic carbocycles. The van der Waals surface area contributed by atoms with Crippen molar-refractivity contribution in [2.24, 2.45) is 0 Å². The Labute approximate surface area is 131 Å². The molecule has 0 atom stereocenters. The molecule has 21 heavy (non-hydrogen) atoms. The predicted octanol–water partition coefficient (Wildman–Crippen LogP) is 2.52. The lowest BCUT2D eigenvalue weighted by Crippen LogP contribution is -2.34. The average Bonchev–Trinajstić information content (AvgIpc) is 2.75. The van der Waals surface area contributed by atoms with Gasteiger partial charge in [-0.1, -0.05) is 43.0 Å². The van der Waals surface area contributed by atoms with Crippen molar-refractivity contribution in [3.63, 3.8) is 0 Å². The highest BCUT2D eigenvalue weighted by molar-refractivity contribution is 7.89. The summed E-state index contributed by atoms with van der Waals surface area (Å²) in [6.45, 7) is 9.87. The molecule has 6 heteroatoms. The Morgan fingerprint density at radius 2 is 2.10 bits per heavy atom. The highest BCUT2D eigenvalue weighted by Gasteiger charge is 2.27.